The molecule has 0 radical (unpaired) electrons. The predicted molar refractivity (Wildman–Crippen MR) is 74.9 cm³/mol. The van der Waals surface area contributed by atoms with Gasteiger partial charge in [-0.3, -0.25) is 0 Å². The van der Waals surface area contributed by atoms with Crippen LogP contribution in [0.5, 0.6) is 0 Å². The zero-order chi connectivity index (χ0) is 13.0. The van der Waals surface area contributed by atoms with Crippen molar-refractivity contribution in [1.29, 1.82) is 0 Å². The largest absolute Gasteiger partial charge is 0.351 e. The summed E-state index contributed by atoms with van der Waals surface area (Å²) in [5.41, 5.74) is 1.18. The molecule has 2 heterocycles. The molecular formula is C14H24N4. The second-order valence-corrected chi connectivity index (χ2v) is 5.19. The predicted octanol–water partition coefficient (Wildman–Crippen LogP) is 2.14. The molecule has 0 aliphatic carbocycles. The molecule has 18 heavy (non-hydrogen) atoms. The smallest absolute Gasteiger partial charge is 0.151 e. The molecule has 100 valence electrons. The molecule has 2 rings (SSSR count). The number of aromatic nitrogens is 2. The number of anilines is 1. The summed E-state index contributed by atoms with van der Waals surface area (Å²) in [6.07, 6.45) is 5.63. The van der Waals surface area contributed by atoms with Crippen LogP contribution in [0.15, 0.2) is 12.3 Å². The third kappa shape index (κ3) is 2.99. The Bertz CT molecular complexity index is 380. The van der Waals surface area contributed by atoms with Crippen LogP contribution < -0.4 is 10.2 Å². The monoisotopic (exact) mass is 248 g/mol. The zero-order valence-electron chi connectivity index (χ0n) is 11.7. The first-order chi connectivity index (χ1) is 8.72. The van der Waals surface area contributed by atoms with Crippen LogP contribution >= 0.6 is 0 Å². The molecule has 2 atom stereocenters. The van der Waals surface area contributed by atoms with Crippen molar-refractivity contribution in [3.05, 3.63) is 17.8 Å². The second kappa shape index (κ2) is 6.14. The van der Waals surface area contributed by atoms with E-state index in [4.69, 9.17) is 0 Å². The molecule has 1 aliphatic heterocycles. The minimum absolute atomic E-state index is 0.498. The Morgan fingerprint density at radius 2 is 2.33 bits per heavy atom. The zero-order valence-corrected chi connectivity index (χ0v) is 11.7. The number of piperidine rings is 1. The fourth-order valence-electron chi connectivity index (χ4n) is 2.81. The van der Waals surface area contributed by atoms with E-state index < -0.39 is 0 Å². The van der Waals surface area contributed by atoms with E-state index >= 15 is 0 Å². The first kappa shape index (κ1) is 13.3. The molecule has 0 amide bonds. The van der Waals surface area contributed by atoms with E-state index in [1.54, 1.807) is 0 Å². The molecule has 1 aromatic heterocycles. The fourth-order valence-corrected chi connectivity index (χ4v) is 2.81. The van der Waals surface area contributed by atoms with Crippen LogP contribution in [0, 0.1) is 6.92 Å². The highest BCUT2D eigenvalue weighted by atomic mass is 15.3. The molecule has 1 aromatic rings. The van der Waals surface area contributed by atoms with Crippen molar-refractivity contribution in [3.8, 4) is 0 Å². The lowest BCUT2D eigenvalue weighted by atomic mass is 9.96. The maximum atomic E-state index is 4.30. The Hall–Kier alpha value is -1.16. The molecule has 0 aromatic carbocycles. The lowest BCUT2D eigenvalue weighted by Gasteiger charge is -2.40. The van der Waals surface area contributed by atoms with Gasteiger partial charge in [-0.1, -0.05) is 6.92 Å². The lowest BCUT2D eigenvalue weighted by molar-refractivity contribution is 0.369. The van der Waals surface area contributed by atoms with Crippen LogP contribution in [-0.4, -0.2) is 35.4 Å². The van der Waals surface area contributed by atoms with E-state index in [2.05, 4.69) is 47.3 Å². The van der Waals surface area contributed by atoms with Crippen LogP contribution in [0.2, 0.25) is 0 Å². The Labute approximate surface area is 110 Å². The van der Waals surface area contributed by atoms with Crippen LogP contribution in [0.25, 0.3) is 0 Å². The van der Waals surface area contributed by atoms with E-state index in [1.165, 1.54) is 24.8 Å². The van der Waals surface area contributed by atoms with Crippen molar-refractivity contribution >= 4 is 5.82 Å². The van der Waals surface area contributed by atoms with Crippen LogP contribution in [0.3, 0.4) is 0 Å². The van der Waals surface area contributed by atoms with E-state index in [9.17, 15) is 0 Å². The van der Waals surface area contributed by atoms with Gasteiger partial charge in [0, 0.05) is 18.6 Å². The van der Waals surface area contributed by atoms with Gasteiger partial charge in [0.05, 0.1) is 6.20 Å². The average Bonchev–Trinajstić information content (AvgIpc) is 2.39. The van der Waals surface area contributed by atoms with Gasteiger partial charge in [0.15, 0.2) is 5.82 Å². The van der Waals surface area contributed by atoms with Gasteiger partial charge in [-0.25, -0.2) is 0 Å². The summed E-state index contributed by atoms with van der Waals surface area (Å²) < 4.78 is 0. The Balaban J connectivity index is 2.17. The molecule has 1 fully saturated rings. The molecule has 1 aliphatic rings. The first-order valence-electron chi connectivity index (χ1n) is 7.01. The van der Waals surface area contributed by atoms with E-state index in [0.717, 1.165) is 18.9 Å². The SMILES string of the molecule is CCNC(C)C1CCCCN1c1cc(C)cnn1. The topological polar surface area (TPSA) is 41.0 Å². The van der Waals surface area contributed by atoms with Crippen LogP contribution in [-0.2, 0) is 0 Å². The minimum atomic E-state index is 0.498. The quantitative estimate of drug-likeness (QED) is 0.886. The van der Waals surface area contributed by atoms with Gasteiger partial charge in [0.2, 0.25) is 0 Å². The number of aryl methyl sites for hydroxylation is 1. The fraction of sp³-hybridized carbons (Fsp3) is 0.714. The first-order valence-corrected chi connectivity index (χ1v) is 7.01. The summed E-state index contributed by atoms with van der Waals surface area (Å²) in [5.74, 6) is 1.03. The van der Waals surface area contributed by atoms with Gasteiger partial charge < -0.3 is 10.2 Å². The van der Waals surface area contributed by atoms with Gasteiger partial charge >= 0.3 is 0 Å². The molecule has 0 bridgehead atoms. The molecule has 0 spiro atoms. The summed E-state index contributed by atoms with van der Waals surface area (Å²) in [6, 6.07) is 3.18. The van der Waals surface area contributed by atoms with Crippen LogP contribution in [0.1, 0.15) is 38.7 Å². The molecule has 1 saturated heterocycles. The maximum absolute atomic E-state index is 4.30. The molecule has 1 N–H and O–H groups in total. The second-order valence-electron chi connectivity index (χ2n) is 5.19. The van der Waals surface area contributed by atoms with Gasteiger partial charge in [0.25, 0.3) is 0 Å². The van der Waals surface area contributed by atoms with Crippen molar-refractivity contribution in [2.24, 2.45) is 0 Å². The molecule has 4 heteroatoms. The number of likely N-dealkylation sites (N-methyl/N-ethyl adjacent to an activating group) is 1. The third-order valence-electron chi connectivity index (χ3n) is 3.73. The van der Waals surface area contributed by atoms with Gasteiger partial charge in [-0.2, -0.15) is 5.10 Å². The minimum Gasteiger partial charge on any atom is -0.351 e. The molecule has 0 saturated carbocycles. The Kier molecular flexibility index (Phi) is 4.53. The van der Waals surface area contributed by atoms with E-state index in [1.807, 2.05) is 6.20 Å². The van der Waals surface area contributed by atoms with E-state index in [-0.39, 0.29) is 0 Å². The summed E-state index contributed by atoms with van der Waals surface area (Å²) in [4.78, 5) is 2.43. The van der Waals surface area contributed by atoms with Crippen LogP contribution in [0.4, 0.5) is 5.82 Å². The Morgan fingerprint density at radius 1 is 1.50 bits per heavy atom. The number of hydrogen-bond donors (Lipinski definition) is 1. The van der Waals surface area contributed by atoms with Gasteiger partial charge in [-0.05, 0) is 51.3 Å². The summed E-state index contributed by atoms with van der Waals surface area (Å²) in [5, 5.41) is 11.9. The highest BCUT2D eigenvalue weighted by Gasteiger charge is 2.28. The molecule has 2 unspecified atom stereocenters. The number of rotatable bonds is 4. The number of hydrogen-bond acceptors (Lipinski definition) is 4. The number of nitrogens with one attached hydrogen (secondary N) is 1. The normalized spacial score (nSPS) is 21.9. The maximum Gasteiger partial charge on any atom is 0.151 e. The Morgan fingerprint density at radius 3 is 3.06 bits per heavy atom. The summed E-state index contributed by atoms with van der Waals surface area (Å²) >= 11 is 0. The summed E-state index contributed by atoms with van der Waals surface area (Å²) in [6.45, 7) is 8.63. The van der Waals surface area contributed by atoms with Gasteiger partial charge in [-0.15, -0.1) is 5.10 Å². The summed E-state index contributed by atoms with van der Waals surface area (Å²) in [7, 11) is 0. The highest BCUT2D eigenvalue weighted by Crippen LogP contribution is 2.25. The van der Waals surface area contributed by atoms with E-state index in [0.29, 0.717) is 12.1 Å². The van der Waals surface area contributed by atoms with Crippen molar-refractivity contribution in [2.45, 2.75) is 52.1 Å². The standard InChI is InChI=1S/C14H24N4/c1-4-15-12(3)13-7-5-6-8-18(13)14-9-11(2)10-16-17-14/h9-10,12-13,15H,4-8H2,1-3H3. The lowest BCUT2D eigenvalue weighted by Crippen LogP contribution is -2.51. The number of nitrogens with zero attached hydrogens (tertiary/aromatic N) is 3. The average molecular weight is 248 g/mol. The van der Waals surface area contributed by atoms with Gasteiger partial charge in [0.1, 0.15) is 0 Å². The highest BCUT2D eigenvalue weighted by molar-refractivity contribution is 5.41. The van der Waals surface area contributed by atoms with Crippen molar-refractivity contribution in [1.82, 2.24) is 15.5 Å². The molecular weight excluding hydrogens is 224 g/mol. The van der Waals surface area contributed by atoms with Crippen molar-refractivity contribution in [2.75, 3.05) is 18.0 Å². The third-order valence-corrected chi connectivity index (χ3v) is 3.73. The van der Waals surface area contributed by atoms with Crippen molar-refractivity contribution < 1.29 is 0 Å². The molecule has 4 nitrogen and oxygen atoms in total. The van der Waals surface area contributed by atoms with Crippen molar-refractivity contribution in [3.63, 3.8) is 0 Å².